The first kappa shape index (κ1) is 14.8. The summed E-state index contributed by atoms with van der Waals surface area (Å²) in [5, 5.41) is 3.98. The molecule has 3 aliphatic rings. The topological polar surface area (TPSA) is 15.3 Å². The highest BCUT2D eigenvalue weighted by molar-refractivity contribution is 5.05. The molecule has 2 heteroatoms. The van der Waals surface area contributed by atoms with E-state index in [1.807, 2.05) is 0 Å². The number of rotatable bonds is 5. The zero-order chi connectivity index (χ0) is 14.1. The lowest BCUT2D eigenvalue weighted by Crippen LogP contribution is -2.70. The van der Waals surface area contributed by atoms with Gasteiger partial charge in [-0.3, -0.25) is 4.90 Å². The van der Waals surface area contributed by atoms with Gasteiger partial charge in [-0.25, -0.2) is 0 Å². The lowest BCUT2D eigenvalue weighted by molar-refractivity contribution is -0.0231. The van der Waals surface area contributed by atoms with Crippen LogP contribution in [0.3, 0.4) is 0 Å². The monoisotopic (exact) mass is 278 g/mol. The molecule has 3 rings (SSSR count). The third-order valence-electron chi connectivity index (χ3n) is 6.60. The molecule has 0 amide bonds. The fourth-order valence-corrected chi connectivity index (χ4v) is 4.54. The van der Waals surface area contributed by atoms with Crippen molar-refractivity contribution in [2.45, 2.75) is 89.1 Å². The van der Waals surface area contributed by atoms with Gasteiger partial charge in [0.25, 0.3) is 0 Å². The molecule has 0 radical (unpaired) electrons. The molecule has 2 aliphatic carbocycles. The smallest absolute Gasteiger partial charge is 0.0334 e. The molecule has 0 bridgehead atoms. The van der Waals surface area contributed by atoms with Gasteiger partial charge in [0, 0.05) is 24.2 Å². The summed E-state index contributed by atoms with van der Waals surface area (Å²) in [5.41, 5.74) is 0.910. The molecule has 2 saturated carbocycles. The van der Waals surface area contributed by atoms with Crippen molar-refractivity contribution in [2.24, 2.45) is 5.92 Å². The van der Waals surface area contributed by atoms with Crippen LogP contribution in [0.4, 0.5) is 0 Å². The van der Waals surface area contributed by atoms with Gasteiger partial charge < -0.3 is 5.32 Å². The Kier molecular flexibility index (Phi) is 4.42. The van der Waals surface area contributed by atoms with Gasteiger partial charge >= 0.3 is 0 Å². The molecule has 2 nitrogen and oxygen atoms in total. The fraction of sp³-hybridized carbons (Fsp3) is 1.00. The predicted molar refractivity (Wildman–Crippen MR) is 86.0 cm³/mol. The number of hydrogen-bond donors (Lipinski definition) is 1. The van der Waals surface area contributed by atoms with Crippen molar-refractivity contribution in [3.63, 3.8) is 0 Å². The SMILES string of the molecule is CCC1(CC)CN(CCC2CC2)C2(CCCCC2)CN1. The van der Waals surface area contributed by atoms with E-state index in [0.717, 1.165) is 5.92 Å². The summed E-state index contributed by atoms with van der Waals surface area (Å²) in [7, 11) is 0. The van der Waals surface area contributed by atoms with E-state index in [1.165, 1.54) is 83.8 Å². The lowest BCUT2D eigenvalue weighted by Gasteiger charge is -2.56. The van der Waals surface area contributed by atoms with Crippen LogP contribution in [-0.4, -0.2) is 35.6 Å². The molecule has 0 atom stereocenters. The Balaban J connectivity index is 1.71. The second-order valence-corrected chi connectivity index (χ2v) is 7.78. The molecule has 0 aromatic carbocycles. The Morgan fingerprint density at radius 3 is 2.35 bits per heavy atom. The van der Waals surface area contributed by atoms with Crippen molar-refractivity contribution in [1.82, 2.24) is 10.2 Å². The van der Waals surface area contributed by atoms with Gasteiger partial charge in [0.2, 0.25) is 0 Å². The van der Waals surface area contributed by atoms with Crippen molar-refractivity contribution < 1.29 is 0 Å². The van der Waals surface area contributed by atoms with E-state index in [1.54, 1.807) is 0 Å². The molecule has 20 heavy (non-hydrogen) atoms. The van der Waals surface area contributed by atoms with E-state index in [9.17, 15) is 0 Å². The van der Waals surface area contributed by atoms with Crippen LogP contribution in [0, 0.1) is 5.92 Å². The van der Waals surface area contributed by atoms with Gasteiger partial charge in [-0.15, -0.1) is 0 Å². The minimum atomic E-state index is 0.395. The van der Waals surface area contributed by atoms with Crippen molar-refractivity contribution in [1.29, 1.82) is 0 Å². The molecule has 1 aliphatic heterocycles. The molecule has 1 N–H and O–H groups in total. The van der Waals surface area contributed by atoms with Gasteiger partial charge in [-0.2, -0.15) is 0 Å². The average molecular weight is 278 g/mol. The van der Waals surface area contributed by atoms with E-state index < -0.39 is 0 Å². The van der Waals surface area contributed by atoms with Crippen LogP contribution in [0.5, 0.6) is 0 Å². The Morgan fingerprint density at radius 1 is 1.05 bits per heavy atom. The Labute approximate surface area is 125 Å². The third kappa shape index (κ3) is 2.92. The van der Waals surface area contributed by atoms with Gasteiger partial charge in [-0.1, -0.05) is 46.0 Å². The lowest BCUT2D eigenvalue weighted by atomic mass is 9.75. The molecule has 3 fully saturated rings. The van der Waals surface area contributed by atoms with Gasteiger partial charge in [0.1, 0.15) is 0 Å². The highest BCUT2D eigenvalue weighted by Crippen LogP contribution is 2.40. The third-order valence-corrected chi connectivity index (χ3v) is 6.60. The van der Waals surface area contributed by atoms with Crippen LogP contribution < -0.4 is 5.32 Å². The number of nitrogens with one attached hydrogen (secondary N) is 1. The summed E-state index contributed by atoms with van der Waals surface area (Å²) in [5.74, 6) is 1.07. The molecule has 1 spiro atoms. The summed E-state index contributed by atoms with van der Waals surface area (Å²) in [6, 6.07) is 0. The molecular weight excluding hydrogens is 244 g/mol. The first-order valence-electron chi connectivity index (χ1n) is 9.22. The van der Waals surface area contributed by atoms with Crippen molar-refractivity contribution >= 4 is 0 Å². The quantitative estimate of drug-likeness (QED) is 0.819. The largest absolute Gasteiger partial charge is 0.308 e. The van der Waals surface area contributed by atoms with Crippen molar-refractivity contribution in [3.8, 4) is 0 Å². The number of hydrogen-bond acceptors (Lipinski definition) is 2. The van der Waals surface area contributed by atoms with E-state index >= 15 is 0 Å². The van der Waals surface area contributed by atoms with Gasteiger partial charge in [0.05, 0.1) is 0 Å². The van der Waals surface area contributed by atoms with Crippen LogP contribution in [0.25, 0.3) is 0 Å². The van der Waals surface area contributed by atoms with E-state index in [0.29, 0.717) is 11.1 Å². The maximum absolute atomic E-state index is 3.98. The highest BCUT2D eigenvalue weighted by atomic mass is 15.3. The van der Waals surface area contributed by atoms with Crippen LogP contribution in [0.2, 0.25) is 0 Å². The summed E-state index contributed by atoms with van der Waals surface area (Å²) in [4.78, 5) is 2.94. The molecule has 0 unspecified atom stereocenters. The molecule has 1 saturated heterocycles. The number of nitrogens with zero attached hydrogens (tertiary/aromatic N) is 1. The second-order valence-electron chi connectivity index (χ2n) is 7.78. The van der Waals surface area contributed by atoms with Crippen molar-refractivity contribution in [2.75, 3.05) is 19.6 Å². The first-order chi connectivity index (χ1) is 9.72. The van der Waals surface area contributed by atoms with E-state index in [4.69, 9.17) is 0 Å². The van der Waals surface area contributed by atoms with Crippen LogP contribution in [0.1, 0.15) is 78.1 Å². The normalized spacial score (nSPS) is 29.7. The standard InChI is InChI=1S/C18H34N2/c1-3-17(4-2)15-20(13-10-16-8-9-16)18(14-19-17)11-6-5-7-12-18/h16,19H,3-15H2,1-2H3. The molecular formula is C18H34N2. The van der Waals surface area contributed by atoms with Crippen LogP contribution >= 0.6 is 0 Å². The maximum atomic E-state index is 3.98. The van der Waals surface area contributed by atoms with Crippen LogP contribution in [0.15, 0.2) is 0 Å². The summed E-state index contributed by atoms with van der Waals surface area (Å²) >= 11 is 0. The molecule has 1 heterocycles. The Hall–Kier alpha value is -0.0800. The molecule has 116 valence electrons. The molecule has 0 aromatic heterocycles. The predicted octanol–water partition coefficient (Wildman–Crippen LogP) is 3.95. The summed E-state index contributed by atoms with van der Waals surface area (Å²) in [6.07, 6.45) is 14.3. The van der Waals surface area contributed by atoms with Gasteiger partial charge in [0.15, 0.2) is 0 Å². The van der Waals surface area contributed by atoms with E-state index in [2.05, 4.69) is 24.1 Å². The minimum Gasteiger partial charge on any atom is -0.308 e. The maximum Gasteiger partial charge on any atom is 0.0334 e. The minimum absolute atomic E-state index is 0.395. The van der Waals surface area contributed by atoms with E-state index in [-0.39, 0.29) is 0 Å². The highest BCUT2D eigenvalue weighted by Gasteiger charge is 2.46. The van der Waals surface area contributed by atoms with Gasteiger partial charge in [-0.05, 0) is 44.6 Å². The first-order valence-corrected chi connectivity index (χ1v) is 9.22. The fourth-order valence-electron chi connectivity index (χ4n) is 4.54. The Bertz CT molecular complexity index is 311. The van der Waals surface area contributed by atoms with Crippen LogP contribution in [-0.2, 0) is 0 Å². The second kappa shape index (κ2) is 5.96. The zero-order valence-corrected chi connectivity index (χ0v) is 13.7. The Morgan fingerprint density at radius 2 is 1.75 bits per heavy atom. The van der Waals surface area contributed by atoms with Crippen molar-refractivity contribution in [3.05, 3.63) is 0 Å². The number of piperazine rings is 1. The summed E-state index contributed by atoms with van der Waals surface area (Å²) < 4.78 is 0. The molecule has 0 aromatic rings. The average Bonchev–Trinajstić information content (AvgIpc) is 3.32. The summed E-state index contributed by atoms with van der Waals surface area (Å²) in [6.45, 7) is 8.66. The zero-order valence-electron chi connectivity index (χ0n) is 13.7.